The number of hydrogen-bond donors (Lipinski definition) is 2. The zero-order chi connectivity index (χ0) is 16.3. The summed E-state index contributed by atoms with van der Waals surface area (Å²) in [5.74, 6) is -0.836. The molecule has 1 aliphatic rings. The molecular formula is C16H22Cl2N2O3. The number of carbonyl (C=O) groups is 2. The van der Waals surface area contributed by atoms with Gasteiger partial charge in [-0.3, -0.25) is 4.79 Å². The number of nitrogens with one attached hydrogen (secondary N) is 1. The van der Waals surface area contributed by atoms with Gasteiger partial charge in [-0.25, -0.2) is 4.79 Å². The van der Waals surface area contributed by atoms with Crippen LogP contribution in [0.4, 0.5) is 5.69 Å². The average molecular weight is 361 g/mol. The summed E-state index contributed by atoms with van der Waals surface area (Å²) in [5, 5.41) is 3.08. The molecule has 1 aromatic rings. The summed E-state index contributed by atoms with van der Waals surface area (Å²) in [4.78, 5) is 23.9. The van der Waals surface area contributed by atoms with Crippen LogP contribution >= 0.6 is 24.0 Å². The predicted molar refractivity (Wildman–Crippen MR) is 93.2 cm³/mol. The normalized spacial score (nSPS) is 23.6. The number of amides is 1. The second kappa shape index (κ2) is 7.99. The Kier molecular flexibility index (Phi) is 6.86. The Bertz CT molecular complexity index is 591. The van der Waals surface area contributed by atoms with E-state index in [2.05, 4.69) is 10.1 Å². The number of nitrogens with two attached hydrogens (primary N) is 1. The highest BCUT2D eigenvalue weighted by Gasteiger charge is 2.37. The summed E-state index contributed by atoms with van der Waals surface area (Å²) in [5.41, 5.74) is 6.56. The van der Waals surface area contributed by atoms with Gasteiger partial charge in [-0.05, 0) is 38.0 Å². The summed E-state index contributed by atoms with van der Waals surface area (Å²) in [6.45, 7) is 1.92. The quantitative estimate of drug-likeness (QED) is 0.809. The number of benzene rings is 1. The lowest BCUT2D eigenvalue weighted by Crippen LogP contribution is -2.51. The summed E-state index contributed by atoms with van der Waals surface area (Å²) in [6.07, 6.45) is 3.68. The maximum absolute atomic E-state index is 12.4. The maximum Gasteiger partial charge on any atom is 0.339 e. The van der Waals surface area contributed by atoms with Crippen LogP contribution in [0.5, 0.6) is 0 Å². The fourth-order valence-corrected chi connectivity index (χ4v) is 3.14. The zero-order valence-corrected chi connectivity index (χ0v) is 14.8. The molecule has 1 fully saturated rings. The number of rotatable bonds is 3. The van der Waals surface area contributed by atoms with Gasteiger partial charge in [-0.2, -0.15) is 0 Å². The van der Waals surface area contributed by atoms with Crippen LogP contribution in [0.1, 0.15) is 43.0 Å². The molecule has 2 rings (SSSR count). The second-order valence-electron chi connectivity index (χ2n) is 5.98. The lowest BCUT2D eigenvalue weighted by Gasteiger charge is -2.37. The van der Waals surface area contributed by atoms with E-state index in [-0.39, 0.29) is 34.8 Å². The molecule has 2 atom stereocenters. The average Bonchev–Trinajstić information content (AvgIpc) is 2.46. The molecule has 0 aromatic heterocycles. The number of ether oxygens (including phenoxy) is 1. The van der Waals surface area contributed by atoms with E-state index in [1.165, 1.54) is 13.2 Å². The molecule has 23 heavy (non-hydrogen) atoms. The zero-order valence-electron chi connectivity index (χ0n) is 13.2. The smallest absolute Gasteiger partial charge is 0.339 e. The van der Waals surface area contributed by atoms with Crippen LogP contribution in [0.2, 0.25) is 5.02 Å². The molecule has 0 heterocycles. The molecule has 1 amide bonds. The first-order chi connectivity index (χ1) is 10.3. The van der Waals surface area contributed by atoms with Crippen LogP contribution in [0.15, 0.2) is 18.2 Å². The minimum Gasteiger partial charge on any atom is -0.465 e. The lowest BCUT2D eigenvalue weighted by molar-refractivity contribution is -0.122. The van der Waals surface area contributed by atoms with Crippen LogP contribution in [-0.4, -0.2) is 24.5 Å². The molecule has 0 aliphatic heterocycles. The van der Waals surface area contributed by atoms with Crippen molar-refractivity contribution >= 4 is 41.6 Å². The number of carbonyl (C=O) groups excluding carboxylic acids is 2. The molecule has 0 radical (unpaired) electrons. The largest absolute Gasteiger partial charge is 0.465 e. The highest BCUT2D eigenvalue weighted by Crippen LogP contribution is 2.32. The van der Waals surface area contributed by atoms with E-state index in [9.17, 15) is 9.59 Å². The molecule has 0 saturated heterocycles. The fraction of sp³-hybridized carbons (Fsp3) is 0.500. The van der Waals surface area contributed by atoms with Crippen LogP contribution in [-0.2, 0) is 9.53 Å². The molecule has 3 N–H and O–H groups in total. The predicted octanol–water partition coefficient (Wildman–Crippen LogP) is 3.39. The van der Waals surface area contributed by atoms with Gasteiger partial charge in [0, 0.05) is 11.2 Å². The second-order valence-corrected chi connectivity index (χ2v) is 6.39. The van der Waals surface area contributed by atoms with Gasteiger partial charge < -0.3 is 15.8 Å². The third-order valence-electron chi connectivity index (χ3n) is 4.21. The molecule has 0 spiro atoms. The van der Waals surface area contributed by atoms with Crippen molar-refractivity contribution in [2.75, 3.05) is 12.4 Å². The van der Waals surface area contributed by atoms with Crippen molar-refractivity contribution in [1.82, 2.24) is 0 Å². The standard InChI is InChI=1S/C16H21ClN2O3.ClH/c1-16(18)8-4-3-5-12(16)14(20)19-10-6-7-11(13(17)9-10)15(21)22-2;/h6-7,9,12H,3-5,8,18H2,1-2H3,(H,19,20);1H. The SMILES string of the molecule is COC(=O)c1ccc(NC(=O)C2CCCCC2(C)N)cc1Cl.Cl. The molecule has 0 bridgehead atoms. The molecule has 1 aromatic carbocycles. The number of halogens is 2. The van der Waals surface area contributed by atoms with Crippen molar-refractivity contribution in [3.8, 4) is 0 Å². The number of methoxy groups -OCH3 is 1. The van der Waals surface area contributed by atoms with Crippen LogP contribution in [0.25, 0.3) is 0 Å². The summed E-state index contributed by atoms with van der Waals surface area (Å²) < 4.78 is 4.63. The van der Waals surface area contributed by atoms with Gasteiger partial charge in [-0.15, -0.1) is 12.4 Å². The number of hydrogen-bond acceptors (Lipinski definition) is 4. The highest BCUT2D eigenvalue weighted by molar-refractivity contribution is 6.34. The monoisotopic (exact) mass is 360 g/mol. The Morgan fingerprint density at radius 3 is 2.65 bits per heavy atom. The molecule has 1 aliphatic carbocycles. The van der Waals surface area contributed by atoms with Crippen molar-refractivity contribution in [1.29, 1.82) is 0 Å². The highest BCUT2D eigenvalue weighted by atomic mass is 35.5. The molecule has 7 heteroatoms. The van der Waals surface area contributed by atoms with Gasteiger partial charge >= 0.3 is 5.97 Å². The van der Waals surface area contributed by atoms with Crippen LogP contribution < -0.4 is 11.1 Å². The van der Waals surface area contributed by atoms with E-state index in [1.807, 2.05) is 6.92 Å². The topological polar surface area (TPSA) is 81.4 Å². The van der Waals surface area contributed by atoms with Crippen molar-refractivity contribution in [3.63, 3.8) is 0 Å². The van der Waals surface area contributed by atoms with Crippen molar-refractivity contribution < 1.29 is 14.3 Å². The minimum atomic E-state index is -0.510. The Morgan fingerprint density at radius 2 is 2.09 bits per heavy atom. The summed E-state index contributed by atoms with van der Waals surface area (Å²) in [7, 11) is 1.29. The van der Waals surface area contributed by atoms with Crippen molar-refractivity contribution in [3.05, 3.63) is 28.8 Å². The van der Waals surface area contributed by atoms with E-state index >= 15 is 0 Å². The van der Waals surface area contributed by atoms with E-state index < -0.39 is 11.5 Å². The number of esters is 1. The van der Waals surface area contributed by atoms with Gasteiger partial charge in [0.15, 0.2) is 0 Å². The molecule has 1 saturated carbocycles. The van der Waals surface area contributed by atoms with E-state index in [4.69, 9.17) is 17.3 Å². The molecule has 5 nitrogen and oxygen atoms in total. The minimum absolute atomic E-state index is 0. The summed E-state index contributed by atoms with van der Waals surface area (Å²) in [6, 6.07) is 4.71. The van der Waals surface area contributed by atoms with Gasteiger partial charge in [0.05, 0.1) is 23.6 Å². The van der Waals surface area contributed by atoms with Gasteiger partial charge in [0.25, 0.3) is 0 Å². The first-order valence-electron chi connectivity index (χ1n) is 7.33. The van der Waals surface area contributed by atoms with Crippen molar-refractivity contribution in [2.45, 2.75) is 38.1 Å². The summed E-state index contributed by atoms with van der Waals surface area (Å²) >= 11 is 6.05. The first-order valence-corrected chi connectivity index (χ1v) is 7.70. The lowest BCUT2D eigenvalue weighted by atomic mass is 9.74. The third kappa shape index (κ3) is 4.59. The van der Waals surface area contributed by atoms with Gasteiger partial charge in [-0.1, -0.05) is 24.4 Å². The van der Waals surface area contributed by atoms with Crippen LogP contribution in [0, 0.1) is 5.92 Å². The van der Waals surface area contributed by atoms with Crippen LogP contribution in [0.3, 0.4) is 0 Å². The van der Waals surface area contributed by atoms with Crippen molar-refractivity contribution in [2.24, 2.45) is 11.7 Å². The van der Waals surface area contributed by atoms with Gasteiger partial charge in [0.2, 0.25) is 5.91 Å². The fourth-order valence-electron chi connectivity index (χ4n) is 2.89. The third-order valence-corrected chi connectivity index (χ3v) is 4.53. The van der Waals surface area contributed by atoms with E-state index in [0.29, 0.717) is 5.69 Å². The van der Waals surface area contributed by atoms with Gasteiger partial charge in [0.1, 0.15) is 0 Å². The molecular weight excluding hydrogens is 339 g/mol. The Balaban J connectivity index is 0.00000264. The molecule has 128 valence electrons. The Morgan fingerprint density at radius 1 is 1.39 bits per heavy atom. The Labute approximate surface area is 147 Å². The first kappa shape index (κ1) is 19.7. The Hall–Kier alpha value is -1.30. The van der Waals surface area contributed by atoms with E-state index in [0.717, 1.165) is 25.7 Å². The maximum atomic E-state index is 12.4. The number of anilines is 1. The van der Waals surface area contributed by atoms with E-state index in [1.54, 1.807) is 12.1 Å². The molecule has 2 unspecified atom stereocenters.